The monoisotopic (exact) mass is 304 g/mol. The Labute approximate surface area is 130 Å². The molecule has 2 fully saturated rings. The molecule has 1 saturated heterocycles. The predicted octanol–water partition coefficient (Wildman–Crippen LogP) is 1.75. The maximum atomic E-state index is 12.5. The van der Waals surface area contributed by atoms with Gasteiger partial charge in [0.25, 0.3) is 0 Å². The first-order valence-corrected chi connectivity index (χ1v) is 8.14. The second kappa shape index (κ2) is 6.20. The molecule has 1 aromatic heterocycles. The fourth-order valence-corrected chi connectivity index (χ4v) is 3.40. The Morgan fingerprint density at radius 3 is 2.95 bits per heavy atom. The van der Waals surface area contributed by atoms with E-state index in [-0.39, 0.29) is 5.91 Å². The van der Waals surface area contributed by atoms with E-state index >= 15 is 0 Å². The molecule has 2 aliphatic rings. The summed E-state index contributed by atoms with van der Waals surface area (Å²) >= 11 is 0. The van der Waals surface area contributed by atoms with E-state index in [0.717, 1.165) is 25.2 Å². The van der Waals surface area contributed by atoms with Gasteiger partial charge in [-0.25, -0.2) is 0 Å². The van der Waals surface area contributed by atoms with Gasteiger partial charge in [-0.1, -0.05) is 12.5 Å². The number of H-pyrrole nitrogens is 1. The lowest BCUT2D eigenvalue weighted by Crippen LogP contribution is -2.48. The molecule has 1 saturated carbocycles. The third-order valence-corrected chi connectivity index (χ3v) is 4.92. The van der Waals surface area contributed by atoms with Crippen molar-refractivity contribution in [3.63, 3.8) is 0 Å². The highest BCUT2D eigenvalue weighted by molar-refractivity contribution is 5.88. The van der Waals surface area contributed by atoms with Crippen LogP contribution in [0, 0.1) is 5.92 Å². The smallest absolute Gasteiger partial charge is 0.246 e. The second-order valence-corrected chi connectivity index (χ2v) is 6.74. The number of hydrogen-bond acceptors (Lipinski definition) is 4. The molecule has 0 aromatic carbocycles. The SMILES string of the molecule is CC1CCC(=CC(=O)N2CCCC(O)(c3cn[nH]n3)C2)CC1. The third kappa shape index (κ3) is 3.21. The van der Waals surface area contributed by atoms with Crippen molar-refractivity contribution in [2.75, 3.05) is 13.1 Å². The highest BCUT2D eigenvalue weighted by atomic mass is 16.3. The van der Waals surface area contributed by atoms with Gasteiger partial charge in [-0.05, 0) is 44.4 Å². The number of carbonyl (C=O) groups excluding carboxylic acids is 1. The Kier molecular flexibility index (Phi) is 4.29. The summed E-state index contributed by atoms with van der Waals surface area (Å²) in [5.41, 5.74) is 0.684. The molecule has 3 rings (SSSR count). The molecule has 1 aliphatic carbocycles. The van der Waals surface area contributed by atoms with Crippen LogP contribution < -0.4 is 0 Å². The molecule has 0 bridgehead atoms. The van der Waals surface area contributed by atoms with Crippen molar-refractivity contribution in [2.24, 2.45) is 5.92 Å². The largest absolute Gasteiger partial charge is 0.382 e. The fraction of sp³-hybridized carbons (Fsp3) is 0.688. The van der Waals surface area contributed by atoms with Gasteiger partial charge in [-0.2, -0.15) is 15.4 Å². The molecule has 1 unspecified atom stereocenters. The number of piperidine rings is 1. The van der Waals surface area contributed by atoms with Crippen LogP contribution in [0.5, 0.6) is 0 Å². The number of nitrogens with one attached hydrogen (secondary N) is 1. The summed E-state index contributed by atoms with van der Waals surface area (Å²) in [7, 11) is 0. The Morgan fingerprint density at radius 2 is 2.27 bits per heavy atom. The van der Waals surface area contributed by atoms with Gasteiger partial charge in [-0.15, -0.1) is 0 Å². The van der Waals surface area contributed by atoms with E-state index < -0.39 is 5.60 Å². The average molecular weight is 304 g/mol. The molecule has 1 aromatic rings. The molecule has 2 N–H and O–H groups in total. The van der Waals surface area contributed by atoms with Gasteiger partial charge in [0, 0.05) is 12.6 Å². The molecule has 0 radical (unpaired) electrons. The summed E-state index contributed by atoms with van der Waals surface area (Å²) in [4.78, 5) is 14.2. The quantitative estimate of drug-likeness (QED) is 0.816. The van der Waals surface area contributed by atoms with Crippen LogP contribution in [0.2, 0.25) is 0 Å². The average Bonchev–Trinajstić information content (AvgIpc) is 3.05. The van der Waals surface area contributed by atoms with E-state index in [9.17, 15) is 9.90 Å². The number of likely N-dealkylation sites (tertiary alicyclic amines) is 1. The van der Waals surface area contributed by atoms with E-state index in [1.807, 2.05) is 0 Å². The number of rotatable bonds is 2. The number of amides is 1. The van der Waals surface area contributed by atoms with Gasteiger partial charge in [0.05, 0.1) is 12.7 Å². The highest BCUT2D eigenvalue weighted by Gasteiger charge is 2.38. The van der Waals surface area contributed by atoms with Crippen molar-refractivity contribution in [1.29, 1.82) is 0 Å². The molecule has 6 nitrogen and oxygen atoms in total. The molecule has 6 heteroatoms. The van der Waals surface area contributed by atoms with Gasteiger partial charge < -0.3 is 10.0 Å². The summed E-state index contributed by atoms with van der Waals surface area (Å²) in [5.74, 6) is 0.783. The lowest BCUT2D eigenvalue weighted by Gasteiger charge is -2.37. The van der Waals surface area contributed by atoms with Crippen LogP contribution in [0.25, 0.3) is 0 Å². The fourth-order valence-electron chi connectivity index (χ4n) is 3.40. The summed E-state index contributed by atoms with van der Waals surface area (Å²) < 4.78 is 0. The van der Waals surface area contributed by atoms with E-state index in [4.69, 9.17) is 0 Å². The summed E-state index contributed by atoms with van der Waals surface area (Å²) in [6.07, 6.45) is 9.09. The van der Waals surface area contributed by atoms with E-state index in [1.165, 1.54) is 24.6 Å². The van der Waals surface area contributed by atoms with Crippen LogP contribution in [-0.2, 0) is 10.4 Å². The topological polar surface area (TPSA) is 82.1 Å². The van der Waals surface area contributed by atoms with Gasteiger partial charge >= 0.3 is 0 Å². The number of hydrogen-bond donors (Lipinski definition) is 2. The minimum atomic E-state index is -1.08. The molecular weight excluding hydrogens is 280 g/mol. The van der Waals surface area contributed by atoms with Gasteiger partial charge in [-0.3, -0.25) is 4.79 Å². The first kappa shape index (κ1) is 15.2. The summed E-state index contributed by atoms with van der Waals surface area (Å²) in [5, 5.41) is 21.0. The minimum Gasteiger partial charge on any atom is -0.382 e. The van der Waals surface area contributed by atoms with E-state index in [2.05, 4.69) is 22.3 Å². The van der Waals surface area contributed by atoms with Gasteiger partial charge in [0.15, 0.2) is 0 Å². The molecule has 2 heterocycles. The molecule has 1 atom stereocenters. The van der Waals surface area contributed by atoms with Crippen molar-refractivity contribution in [1.82, 2.24) is 20.3 Å². The Balaban J connectivity index is 1.67. The summed E-state index contributed by atoms with van der Waals surface area (Å²) in [6.45, 7) is 3.25. The van der Waals surface area contributed by atoms with Crippen LogP contribution in [0.1, 0.15) is 51.1 Å². The van der Waals surface area contributed by atoms with Crippen molar-refractivity contribution in [2.45, 2.75) is 51.0 Å². The summed E-state index contributed by atoms with van der Waals surface area (Å²) in [6, 6.07) is 0. The van der Waals surface area contributed by atoms with Crippen LogP contribution in [0.3, 0.4) is 0 Å². The Bertz CT molecular complexity index is 545. The zero-order valence-electron chi connectivity index (χ0n) is 13.1. The molecule has 1 aliphatic heterocycles. The lowest BCUT2D eigenvalue weighted by atomic mass is 9.86. The maximum Gasteiger partial charge on any atom is 0.246 e. The lowest BCUT2D eigenvalue weighted by molar-refractivity contribution is -0.134. The van der Waals surface area contributed by atoms with Crippen LogP contribution in [-0.4, -0.2) is 44.4 Å². The van der Waals surface area contributed by atoms with Gasteiger partial charge in [0.1, 0.15) is 11.3 Å². The van der Waals surface area contributed by atoms with E-state index in [1.54, 1.807) is 11.0 Å². The molecule has 120 valence electrons. The predicted molar refractivity (Wildman–Crippen MR) is 81.8 cm³/mol. The zero-order valence-corrected chi connectivity index (χ0v) is 13.1. The number of aromatic amines is 1. The van der Waals surface area contributed by atoms with Crippen molar-refractivity contribution < 1.29 is 9.90 Å². The van der Waals surface area contributed by atoms with Crippen molar-refractivity contribution in [3.8, 4) is 0 Å². The van der Waals surface area contributed by atoms with E-state index in [0.29, 0.717) is 25.2 Å². The molecular formula is C16H24N4O2. The Hall–Kier alpha value is -1.69. The van der Waals surface area contributed by atoms with Crippen LogP contribution in [0.15, 0.2) is 17.8 Å². The number of β-amino-alcohol motifs (C(OH)–C–C–N with tert-alkyl or cyclic N) is 1. The number of aliphatic hydroxyl groups is 1. The number of carbonyl (C=O) groups is 1. The van der Waals surface area contributed by atoms with Gasteiger partial charge in [0.2, 0.25) is 5.91 Å². The van der Waals surface area contributed by atoms with Crippen molar-refractivity contribution in [3.05, 3.63) is 23.5 Å². The van der Waals surface area contributed by atoms with Crippen LogP contribution in [0.4, 0.5) is 0 Å². The zero-order chi connectivity index (χ0) is 15.6. The first-order chi connectivity index (χ1) is 10.6. The maximum absolute atomic E-state index is 12.5. The standard InChI is InChI=1S/C16H24N4O2/c1-12-3-5-13(6-4-12)9-15(21)20-8-2-7-16(22,11-20)14-10-17-19-18-14/h9-10,12,22H,2-8,11H2,1H3,(H,17,18,19). The molecule has 22 heavy (non-hydrogen) atoms. The number of allylic oxidation sites excluding steroid dienone is 1. The van der Waals surface area contributed by atoms with Crippen LogP contribution >= 0.6 is 0 Å². The second-order valence-electron chi connectivity index (χ2n) is 6.74. The molecule has 1 amide bonds. The number of aromatic nitrogens is 3. The third-order valence-electron chi connectivity index (χ3n) is 4.92. The van der Waals surface area contributed by atoms with Crippen molar-refractivity contribution >= 4 is 5.91 Å². The number of nitrogens with zero attached hydrogens (tertiary/aromatic N) is 3. The minimum absolute atomic E-state index is 0.0196. The molecule has 0 spiro atoms. The highest BCUT2D eigenvalue weighted by Crippen LogP contribution is 2.31. The Morgan fingerprint density at radius 1 is 1.50 bits per heavy atom. The first-order valence-electron chi connectivity index (χ1n) is 8.14. The normalized spacial score (nSPS) is 29.5.